The molecule has 1 fully saturated rings. The molecule has 0 aromatic carbocycles. The van der Waals surface area contributed by atoms with Gasteiger partial charge in [0.25, 0.3) is 0 Å². The topological polar surface area (TPSA) is 46.5 Å². The highest BCUT2D eigenvalue weighted by atomic mass is 16.5. The Hall–Kier alpha value is -0.830. The molecular weight excluding hydrogens is 168 g/mol. The smallest absolute Gasteiger partial charge is 0.302 e. The number of esters is 1. The van der Waals surface area contributed by atoms with Gasteiger partial charge in [-0.15, -0.1) is 6.58 Å². The van der Waals surface area contributed by atoms with Crippen LogP contribution in [0.25, 0.3) is 0 Å². The maximum atomic E-state index is 10.5. The molecule has 13 heavy (non-hydrogen) atoms. The molecule has 0 unspecified atom stereocenters. The molecule has 1 saturated carbocycles. The molecular formula is C10H16O3. The second-order valence-corrected chi connectivity index (χ2v) is 3.53. The van der Waals surface area contributed by atoms with Crippen molar-refractivity contribution in [2.75, 3.05) is 6.61 Å². The number of aliphatic hydroxyl groups excluding tert-OH is 1. The molecule has 0 amide bonds. The highest BCUT2D eigenvalue weighted by Crippen LogP contribution is 2.37. The van der Waals surface area contributed by atoms with Crippen LogP contribution in [-0.4, -0.2) is 23.8 Å². The number of carbonyl (C=O) groups excluding carboxylic acids is 1. The summed E-state index contributed by atoms with van der Waals surface area (Å²) in [7, 11) is 0. The highest BCUT2D eigenvalue weighted by molar-refractivity contribution is 5.65. The first-order valence-corrected chi connectivity index (χ1v) is 4.59. The van der Waals surface area contributed by atoms with Crippen molar-refractivity contribution in [3.8, 4) is 0 Å². The summed E-state index contributed by atoms with van der Waals surface area (Å²) in [6.07, 6.45) is 3.13. The second-order valence-electron chi connectivity index (χ2n) is 3.53. The summed E-state index contributed by atoms with van der Waals surface area (Å²) in [6.45, 7) is 5.37. The number of ether oxygens (including phenoxy) is 1. The van der Waals surface area contributed by atoms with E-state index < -0.39 is 6.10 Å². The van der Waals surface area contributed by atoms with Gasteiger partial charge >= 0.3 is 5.97 Å². The zero-order chi connectivity index (χ0) is 9.84. The fourth-order valence-electron chi connectivity index (χ4n) is 1.65. The molecule has 0 saturated heterocycles. The predicted octanol–water partition coefficient (Wildman–Crippen LogP) is 1.12. The van der Waals surface area contributed by atoms with E-state index in [-0.39, 0.29) is 11.9 Å². The van der Waals surface area contributed by atoms with Crippen LogP contribution in [0.1, 0.15) is 19.8 Å². The van der Waals surface area contributed by atoms with Crippen LogP contribution in [0.15, 0.2) is 12.7 Å². The molecule has 1 rings (SSSR count). The molecule has 0 aliphatic heterocycles. The second kappa shape index (κ2) is 4.42. The molecule has 0 aromatic rings. The van der Waals surface area contributed by atoms with Gasteiger partial charge in [0.2, 0.25) is 0 Å². The highest BCUT2D eigenvalue weighted by Gasteiger charge is 2.35. The van der Waals surface area contributed by atoms with Crippen LogP contribution < -0.4 is 0 Å². The van der Waals surface area contributed by atoms with E-state index in [0.29, 0.717) is 12.5 Å². The monoisotopic (exact) mass is 184 g/mol. The largest absolute Gasteiger partial charge is 0.466 e. The van der Waals surface area contributed by atoms with E-state index in [1.807, 2.05) is 0 Å². The van der Waals surface area contributed by atoms with Gasteiger partial charge in [-0.25, -0.2) is 0 Å². The molecule has 0 radical (unpaired) electrons. The van der Waals surface area contributed by atoms with Crippen molar-refractivity contribution in [3.05, 3.63) is 12.7 Å². The Balaban J connectivity index is 2.28. The fourth-order valence-corrected chi connectivity index (χ4v) is 1.65. The first kappa shape index (κ1) is 10.3. The summed E-state index contributed by atoms with van der Waals surface area (Å²) in [5.41, 5.74) is 0. The third-order valence-corrected chi connectivity index (χ3v) is 2.66. The van der Waals surface area contributed by atoms with Crippen LogP contribution >= 0.6 is 0 Å². The number of hydrogen-bond acceptors (Lipinski definition) is 3. The van der Waals surface area contributed by atoms with Crippen LogP contribution in [-0.2, 0) is 9.53 Å². The van der Waals surface area contributed by atoms with Gasteiger partial charge in [-0.1, -0.05) is 6.08 Å². The molecule has 0 aromatic heterocycles. The van der Waals surface area contributed by atoms with Crippen molar-refractivity contribution in [3.63, 3.8) is 0 Å². The SMILES string of the molecule is C=C[C@H](O)[C@@H]1CC[C@H]1COC(C)=O. The normalized spacial score (nSPS) is 28.8. The third kappa shape index (κ3) is 2.56. The first-order chi connectivity index (χ1) is 6.15. The molecule has 1 aliphatic carbocycles. The van der Waals surface area contributed by atoms with Crippen molar-refractivity contribution >= 4 is 5.97 Å². The quantitative estimate of drug-likeness (QED) is 0.526. The Bertz CT molecular complexity index is 200. The molecule has 1 aliphatic rings. The van der Waals surface area contributed by atoms with Gasteiger partial charge < -0.3 is 9.84 Å². The Labute approximate surface area is 78.4 Å². The number of rotatable bonds is 4. The van der Waals surface area contributed by atoms with E-state index >= 15 is 0 Å². The van der Waals surface area contributed by atoms with Crippen molar-refractivity contribution in [2.24, 2.45) is 11.8 Å². The third-order valence-electron chi connectivity index (χ3n) is 2.66. The zero-order valence-electron chi connectivity index (χ0n) is 7.90. The van der Waals surface area contributed by atoms with Crippen LogP contribution in [0.4, 0.5) is 0 Å². The minimum absolute atomic E-state index is 0.233. The van der Waals surface area contributed by atoms with Gasteiger partial charge in [-0.3, -0.25) is 4.79 Å². The molecule has 0 bridgehead atoms. The average molecular weight is 184 g/mol. The summed E-state index contributed by atoms with van der Waals surface area (Å²) in [5.74, 6) is 0.299. The van der Waals surface area contributed by atoms with E-state index in [1.54, 1.807) is 6.08 Å². The van der Waals surface area contributed by atoms with Gasteiger partial charge in [-0.2, -0.15) is 0 Å². The lowest BCUT2D eigenvalue weighted by molar-refractivity contribution is -0.145. The summed E-state index contributed by atoms with van der Waals surface area (Å²) < 4.78 is 4.89. The van der Waals surface area contributed by atoms with Crippen molar-refractivity contribution in [1.29, 1.82) is 0 Å². The molecule has 3 heteroatoms. The van der Waals surface area contributed by atoms with E-state index in [9.17, 15) is 9.90 Å². The Kier molecular flexibility index (Phi) is 3.48. The lowest BCUT2D eigenvalue weighted by Crippen LogP contribution is -2.37. The number of carbonyl (C=O) groups is 1. The first-order valence-electron chi connectivity index (χ1n) is 4.59. The van der Waals surface area contributed by atoms with Crippen LogP contribution in [0.5, 0.6) is 0 Å². The van der Waals surface area contributed by atoms with Crippen LogP contribution in [0, 0.1) is 11.8 Å². The van der Waals surface area contributed by atoms with Crippen LogP contribution in [0.3, 0.4) is 0 Å². The zero-order valence-corrected chi connectivity index (χ0v) is 7.90. The summed E-state index contributed by atoms with van der Waals surface area (Å²) in [5, 5.41) is 9.45. The Morgan fingerprint density at radius 3 is 2.85 bits per heavy atom. The lowest BCUT2D eigenvalue weighted by Gasteiger charge is -2.38. The van der Waals surface area contributed by atoms with E-state index in [2.05, 4.69) is 6.58 Å². The molecule has 74 valence electrons. The minimum Gasteiger partial charge on any atom is -0.466 e. The number of aliphatic hydroxyl groups is 1. The predicted molar refractivity (Wildman–Crippen MR) is 49.1 cm³/mol. The average Bonchev–Trinajstić information content (AvgIpc) is 2.01. The van der Waals surface area contributed by atoms with Gasteiger partial charge in [-0.05, 0) is 24.7 Å². The van der Waals surface area contributed by atoms with Crippen molar-refractivity contribution in [2.45, 2.75) is 25.9 Å². The van der Waals surface area contributed by atoms with Gasteiger partial charge in [0.05, 0.1) is 12.7 Å². The molecule has 1 N–H and O–H groups in total. The summed E-state index contributed by atoms with van der Waals surface area (Å²) in [4.78, 5) is 10.5. The standard InChI is InChI=1S/C10H16O3/c1-3-10(12)9-5-4-8(9)6-13-7(2)11/h3,8-10,12H,1,4-6H2,2H3/t8-,9+,10-/m0/s1. The molecule has 3 nitrogen and oxygen atoms in total. The van der Waals surface area contributed by atoms with Crippen molar-refractivity contribution < 1.29 is 14.6 Å². The summed E-state index contributed by atoms with van der Waals surface area (Å²) >= 11 is 0. The van der Waals surface area contributed by atoms with Gasteiger partial charge in [0, 0.05) is 6.92 Å². The maximum absolute atomic E-state index is 10.5. The van der Waals surface area contributed by atoms with Crippen LogP contribution in [0.2, 0.25) is 0 Å². The molecule has 0 heterocycles. The Morgan fingerprint density at radius 1 is 1.77 bits per heavy atom. The van der Waals surface area contributed by atoms with E-state index in [4.69, 9.17) is 4.74 Å². The maximum Gasteiger partial charge on any atom is 0.302 e. The number of hydrogen-bond donors (Lipinski definition) is 1. The van der Waals surface area contributed by atoms with E-state index in [1.165, 1.54) is 6.92 Å². The van der Waals surface area contributed by atoms with Crippen molar-refractivity contribution in [1.82, 2.24) is 0 Å². The Morgan fingerprint density at radius 2 is 2.46 bits per heavy atom. The van der Waals surface area contributed by atoms with Gasteiger partial charge in [0.1, 0.15) is 0 Å². The lowest BCUT2D eigenvalue weighted by atomic mass is 9.71. The molecule has 3 atom stereocenters. The molecule has 0 spiro atoms. The van der Waals surface area contributed by atoms with Gasteiger partial charge in [0.15, 0.2) is 0 Å². The van der Waals surface area contributed by atoms with E-state index in [0.717, 1.165) is 12.8 Å². The minimum atomic E-state index is -0.450. The fraction of sp³-hybridized carbons (Fsp3) is 0.700. The summed E-state index contributed by atoms with van der Waals surface area (Å²) in [6, 6.07) is 0.